The van der Waals surface area contributed by atoms with Crippen molar-refractivity contribution in [3.63, 3.8) is 0 Å². The smallest absolute Gasteiger partial charge is 0.280 e. The van der Waals surface area contributed by atoms with E-state index in [9.17, 15) is 4.79 Å². The second kappa shape index (κ2) is 5.51. The molecule has 1 fully saturated rings. The van der Waals surface area contributed by atoms with Gasteiger partial charge in [0.25, 0.3) is 5.56 Å². The predicted molar refractivity (Wildman–Crippen MR) is 79.4 cm³/mol. The Kier molecular flexibility index (Phi) is 3.71. The predicted octanol–water partition coefficient (Wildman–Crippen LogP) is 1.56. The van der Waals surface area contributed by atoms with E-state index in [4.69, 9.17) is 21.7 Å². The van der Waals surface area contributed by atoms with Gasteiger partial charge in [0.1, 0.15) is 0 Å². The molecule has 6 nitrogen and oxygen atoms in total. The molecule has 0 spiro atoms. The first-order valence-electron chi connectivity index (χ1n) is 6.56. The van der Waals surface area contributed by atoms with Gasteiger partial charge in [-0.05, 0) is 18.3 Å². The molecule has 1 saturated heterocycles. The highest BCUT2D eigenvalue weighted by atomic mass is 32.1. The Morgan fingerprint density at radius 3 is 2.71 bits per heavy atom. The Morgan fingerprint density at radius 2 is 2.00 bits per heavy atom. The van der Waals surface area contributed by atoms with Crippen molar-refractivity contribution in [2.75, 3.05) is 13.2 Å². The third kappa shape index (κ3) is 2.55. The third-order valence-electron chi connectivity index (χ3n) is 3.37. The number of hydrogen-bond donors (Lipinski definition) is 0. The number of aromatic nitrogens is 3. The summed E-state index contributed by atoms with van der Waals surface area (Å²) < 4.78 is 14.3. The second-order valence-electron chi connectivity index (χ2n) is 4.82. The molecule has 1 aliphatic heterocycles. The second-order valence-corrected chi connectivity index (χ2v) is 5.18. The monoisotopic (exact) mass is 305 g/mol. The van der Waals surface area contributed by atoms with E-state index in [2.05, 4.69) is 5.10 Å². The van der Waals surface area contributed by atoms with Crippen LogP contribution in [0.5, 0.6) is 0 Å². The lowest BCUT2D eigenvalue weighted by Crippen LogP contribution is -2.25. The maximum absolute atomic E-state index is 12.3. The third-order valence-corrected chi connectivity index (χ3v) is 3.91. The first-order chi connectivity index (χ1) is 10.1. The van der Waals surface area contributed by atoms with Gasteiger partial charge in [-0.15, -0.1) is 0 Å². The number of hydrogen-bond acceptors (Lipinski definition) is 5. The highest BCUT2D eigenvalue weighted by Crippen LogP contribution is 2.26. The normalized spacial score (nSPS) is 15.5. The van der Waals surface area contributed by atoms with E-state index in [1.54, 1.807) is 14.1 Å². The van der Waals surface area contributed by atoms with Gasteiger partial charge in [0.05, 0.1) is 13.2 Å². The van der Waals surface area contributed by atoms with Crippen molar-refractivity contribution in [1.82, 2.24) is 14.3 Å². The first-order valence-corrected chi connectivity index (χ1v) is 6.96. The number of rotatable bonds is 2. The summed E-state index contributed by atoms with van der Waals surface area (Å²) in [5.41, 5.74) is 1.73. The maximum Gasteiger partial charge on any atom is 0.280 e. The molecule has 0 atom stereocenters. The van der Waals surface area contributed by atoms with Crippen LogP contribution >= 0.6 is 12.2 Å². The van der Waals surface area contributed by atoms with E-state index in [1.807, 2.05) is 24.3 Å². The molecule has 7 heteroatoms. The zero-order valence-corrected chi connectivity index (χ0v) is 12.6. The van der Waals surface area contributed by atoms with E-state index in [1.165, 1.54) is 9.25 Å². The average molecular weight is 305 g/mol. The van der Waals surface area contributed by atoms with Gasteiger partial charge >= 0.3 is 0 Å². The van der Waals surface area contributed by atoms with Crippen LogP contribution in [0, 0.1) is 4.77 Å². The van der Waals surface area contributed by atoms with Crippen LogP contribution in [0.15, 0.2) is 29.1 Å². The summed E-state index contributed by atoms with van der Waals surface area (Å²) in [5.74, 6) is 0. The Balaban J connectivity index is 2.11. The molecule has 0 N–H and O–H groups in total. The van der Waals surface area contributed by atoms with E-state index in [0.29, 0.717) is 23.7 Å². The molecule has 0 amide bonds. The van der Waals surface area contributed by atoms with Crippen molar-refractivity contribution in [2.45, 2.75) is 6.29 Å². The molecule has 110 valence electrons. The van der Waals surface area contributed by atoms with Gasteiger partial charge in [0.15, 0.2) is 16.8 Å². The zero-order valence-electron chi connectivity index (χ0n) is 11.8. The lowest BCUT2D eigenvalue weighted by molar-refractivity contribution is -0.0440. The quantitative estimate of drug-likeness (QED) is 0.788. The fourth-order valence-electron chi connectivity index (χ4n) is 2.26. The van der Waals surface area contributed by atoms with Crippen LogP contribution in [0.2, 0.25) is 0 Å². The van der Waals surface area contributed by atoms with Crippen molar-refractivity contribution in [2.24, 2.45) is 14.1 Å². The number of benzene rings is 1. The first kappa shape index (κ1) is 14.1. The minimum atomic E-state index is -0.374. The van der Waals surface area contributed by atoms with Gasteiger partial charge in [-0.1, -0.05) is 18.2 Å². The minimum absolute atomic E-state index is 0.219. The molecule has 0 unspecified atom stereocenters. The topological polar surface area (TPSA) is 58.3 Å². The molecular weight excluding hydrogens is 290 g/mol. The van der Waals surface area contributed by atoms with Crippen LogP contribution in [0.25, 0.3) is 11.3 Å². The summed E-state index contributed by atoms with van der Waals surface area (Å²) in [6, 6.07) is 7.47. The van der Waals surface area contributed by atoms with E-state index < -0.39 is 0 Å². The molecule has 0 saturated carbocycles. The highest BCUT2D eigenvalue weighted by molar-refractivity contribution is 7.71. The summed E-state index contributed by atoms with van der Waals surface area (Å²) in [6.45, 7) is 1.16. The van der Waals surface area contributed by atoms with Gasteiger partial charge in [-0.25, -0.2) is 4.68 Å². The van der Waals surface area contributed by atoms with Crippen molar-refractivity contribution in [3.05, 3.63) is 45.0 Å². The van der Waals surface area contributed by atoms with Gasteiger partial charge in [0, 0.05) is 25.2 Å². The summed E-state index contributed by atoms with van der Waals surface area (Å²) in [7, 11) is 3.36. The number of ether oxygens (including phenoxy) is 2. The van der Waals surface area contributed by atoms with E-state index >= 15 is 0 Å². The molecule has 2 heterocycles. The fourth-order valence-corrected chi connectivity index (χ4v) is 2.39. The molecule has 1 aliphatic rings. The Labute approximate surface area is 126 Å². The molecule has 0 radical (unpaired) electrons. The van der Waals surface area contributed by atoms with Crippen molar-refractivity contribution >= 4 is 12.2 Å². The van der Waals surface area contributed by atoms with Crippen LogP contribution < -0.4 is 5.56 Å². The summed E-state index contributed by atoms with van der Waals surface area (Å²) in [4.78, 5) is 12.3. The summed E-state index contributed by atoms with van der Waals surface area (Å²) in [6.07, 6.45) is -0.374. The molecule has 0 bridgehead atoms. The Hall–Kier alpha value is -1.83. The van der Waals surface area contributed by atoms with Gasteiger partial charge < -0.3 is 9.47 Å². The molecule has 1 aromatic heterocycles. The summed E-state index contributed by atoms with van der Waals surface area (Å²) in [5, 5.41) is 4.27. The van der Waals surface area contributed by atoms with Crippen LogP contribution in [-0.2, 0) is 23.6 Å². The average Bonchev–Trinajstić information content (AvgIpc) is 3.03. The fraction of sp³-hybridized carbons (Fsp3) is 0.357. The van der Waals surface area contributed by atoms with Gasteiger partial charge in [-0.2, -0.15) is 5.10 Å². The van der Waals surface area contributed by atoms with Crippen LogP contribution in [-0.4, -0.2) is 27.6 Å². The van der Waals surface area contributed by atoms with Crippen molar-refractivity contribution < 1.29 is 9.47 Å². The molecule has 0 aliphatic carbocycles. The minimum Gasteiger partial charge on any atom is -0.346 e. The Bertz CT molecular complexity index is 791. The SMILES string of the molecule is Cn1nc(-c2cccc(C3OCCO3)c2)c(=O)n(C)c1=S. The lowest BCUT2D eigenvalue weighted by atomic mass is 10.1. The highest BCUT2D eigenvalue weighted by Gasteiger charge is 2.19. The van der Waals surface area contributed by atoms with E-state index in [-0.39, 0.29) is 11.8 Å². The molecular formula is C14H15N3O3S. The lowest BCUT2D eigenvalue weighted by Gasteiger charge is -2.11. The van der Waals surface area contributed by atoms with Crippen molar-refractivity contribution in [1.29, 1.82) is 0 Å². The molecule has 21 heavy (non-hydrogen) atoms. The molecule has 3 rings (SSSR count). The standard InChI is InChI=1S/C14H15N3O3S/c1-16-12(18)11(15-17(2)14(16)21)9-4-3-5-10(8-9)13-19-6-7-20-13/h3-5,8,13H,6-7H2,1-2H3. The van der Waals surface area contributed by atoms with Crippen LogP contribution in [0.4, 0.5) is 0 Å². The maximum atomic E-state index is 12.3. The number of nitrogens with zero attached hydrogens (tertiary/aromatic N) is 3. The van der Waals surface area contributed by atoms with Gasteiger partial charge in [-0.3, -0.25) is 9.36 Å². The largest absolute Gasteiger partial charge is 0.346 e. The van der Waals surface area contributed by atoms with Crippen LogP contribution in [0.3, 0.4) is 0 Å². The molecule has 2 aromatic rings. The van der Waals surface area contributed by atoms with Crippen molar-refractivity contribution in [3.8, 4) is 11.3 Å². The van der Waals surface area contributed by atoms with Gasteiger partial charge in [0.2, 0.25) is 0 Å². The van der Waals surface area contributed by atoms with Crippen LogP contribution in [0.1, 0.15) is 11.9 Å². The zero-order chi connectivity index (χ0) is 15.0. The number of aryl methyl sites for hydroxylation is 1. The summed E-state index contributed by atoms with van der Waals surface area (Å²) >= 11 is 5.13. The Morgan fingerprint density at radius 1 is 1.29 bits per heavy atom. The van der Waals surface area contributed by atoms with E-state index in [0.717, 1.165) is 11.1 Å². The molecule has 1 aromatic carbocycles.